The van der Waals surface area contributed by atoms with Gasteiger partial charge in [0.2, 0.25) is 0 Å². The Morgan fingerprint density at radius 3 is 2.33 bits per heavy atom. The van der Waals surface area contributed by atoms with Gasteiger partial charge in [0, 0.05) is 44.0 Å². The minimum atomic E-state index is -0.204. The molecule has 0 saturated carbocycles. The molecule has 1 aliphatic rings. The Labute approximate surface area is 123 Å². The van der Waals surface area contributed by atoms with E-state index >= 15 is 0 Å². The van der Waals surface area contributed by atoms with E-state index in [2.05, 4.69) is 20.0 Å². The molecule has 3 rings (SSSR count). The van der Waals surface area contributed by atoms with Gasteiger partial charge in [-0.1, -0.05) is 0 Å². The van der Waals surface area contributed by atoms with Gasteiger partial charge in [-0.3, -0.25) is 0 Å². The van der Waals surface area contributed by atoms with Crippen LogP contribution in [-0.4, -0.2) is 36.4 Å². The number of benzene rings is 1. The van der Waals surface area contributed by atoms with Gasteiger partial charge in [0.25, 0.3) is 0 Å². The first-order valence-corrected chi connectivity index (χ1v) is 7.04. The quantitative estimate of drug-likeness (QED) is 0.925. The average Bonchev–Trinajstić information content (AvgIpc) is 2.56. The van der Waals surface area contributed by atoms with Crippen LogP contribution in [-0.2, 0) is 6.54 Å². The maximum absolute atomic E-state index is 13.0. The number of nitrogens with two attached hydrogens (primary N) is 1. The van der Waals surface area contributed by atoms with Crippen LogP contribution >= 0.6 is 0 Å². The number of aromatic nitrogens is 2. The van der Waals surface area contributed by atoms with Gasteiger partial charge in [-0.25, -0.2) is 4.39 Å². The molecule has 110 valence electrons. The fourth-order valence-electron chi connectivity index (χ4n) is 2.60. The standard InChI is InChI=1S/C15H18FN5/c16-13-1-3-14(4-2-13)20-7-9-21(10-8-20)15-12(11-17)5-6-18-19-15/h1-6H,7-11,17H2. The van der Waals surface area contributed by atoms with Crippen LogP contribution in [0.5, 0.6) is 0 Å². The van der Waals surface area contributed by atoms with Gasteiger partial charge in [0.05, 0.1) is 6.20 Å². The second-order valence-corrected chi connectivity index (χ2v) is 5.03. The topological polar surface area (TPSA) is 58.3 Å². The fraction of sp³-hybridized carbons (Fsp3) is 0.333. The van der Waals surface area contributed by atoms with Crippen molar-refractivity contribution in [1.82, 2.24) is 10.2 Å². The Morgan fingerprint density at radius 2 is 1.67 bits per heavy atom. The second-order valence-electron chi connectivity index (χ2n) is 5.03. The van der Waals surface area contributed by atoms with Crippen molar-refractivity contribution in [1.29, 1.82) is 0 Å². The lowest BCUT2D eigenvalue weighted by Gasteiger charge is -2.37. The fourth-order valence-corrected chi connectivity index (χ4v) is 2.60. The Kier molecular flexibility index (Phi) is 3.96. The van der Waals surface area contributed by atoms with Crippen molar-refractivity contribution in [2.75, 3.05) is 36.0 Å². The van der Waals surface area contributed by atoms with E-state index in [4.69, 9.17) is 5.73 Å². The number of nitrogens with zero attached hydrogens (tertiary/aromatic N) is 4. The number of piperazine rings is 1. The molecule has 1 aliphatic heterocycles. The van der Waals surface area contributed by atoms with E-state index in [-0.39, 0.29) is 5.82 Å². The number of rotatable bonds is 3. The summed E-state index contributed by atoms with van der Waals surface area (Å²) in [7, 11) is 0. The predicted octanol–water partition coefficient (Wildman–Crippen LogP) is 1.40. The number of halogens is 1. The van der Waals surface area contributed by atoms with Crippen LogP contribution in [0, 0.1) is 5.82 Å². The van der Waals surface area contributed by atoms with E-state index < -0.39 is 0 Å². The third-order valence-corrected chi connectivity index (χ3v) is 3.77. The molecule has 1 saturated heterocycles. The summed E-state index contributed by atoms with van der Waals surface area (Å²) >= 11 is 0. The Balaban J connectivity index is 1.69. The molecule has 1 aromatic carbocycles. The summed E-state index contributed by atoms with van der Waals surface area (Å²) in [6.07, 6.45) is 1.67. The van der Waals surface area contributed by atoms with Gasteiger partial charge in [0.1, 0.15) is 5.82 Å². The van der Waals surface area contributed by atoms with Gasteiger partial charge in [-0.05, 0) is 30.3 Å². The molecule has 2 N–H and O–H groups in total. The second kappa shape index (κ2) is 6.05. The molecule has 2 aromatic rings. The van der Waals surface area contributed by atoms with Crippen LogP contribution in [0.2, 0.25) is 0 Å². The van der Waals surface area contributed by atoms with E-state index in [0.29, 0.717) is 6.54 Å². The number of hydrogen-bond donors (Lipinski definition) is 1. The first-order valence-electron chi connectivity index (χ1n) is 7.04. The molecule has 21 heavy (non-hydrogen) atoms. The Bertz CT molecular complexity index is 593. The average molecular weight is 287 g/mol. The monoisotopic (exact) mass is 287 g/mol. The lowest BCUT2D eigenvalue weighted by atomic mass is 10.2. The van der Waals surface area contributed by atoms with Crippen LogP contribution in [0.1, 0.15) is 5.56 Å². The van der Waals surface area contributed by atoms with Crippen LogP contribution in [0.4, 0.5) is 15.9 Å². The highest BCUT2D eigenvalue weighted by molar-refractivity contribution is 5.51. The summed E-state index contributed by atoms with van der Waals surface area (Å²) in [5.74, 6) is 0.670. The summed E-state index contributed by atoms with van der Waals surface area (Å²) in [4.78, 5) is 4.45. The van der Waals surface area contributed by atoms with Crippen LogP contribution < -0.4 is 15.5 Å². The van der Waals surface area contributed by atoms with Crippen molar-refractivity contribution in [2.24, 2.45) is 5.73 Å². The SMILES string of the molecule is NCc1ccnnc1N1CCN(c2ccc(F)cc2)CC1. The summed E-state index contributed by atoms with van der Waals surface area (Å²) in [6.45, 7) is 3.90. The van der Waals surface area contributed by atoms with E-state index in [1.165, 1.54) is 12.1 Å². The molecule has 0 amide bonds. The van der Waals surface area contributed by atoms with Crippen molar-refractivity contribution in [3.8, 4) is 0 Å². The molecule has 1 aromatic heterocycles. The summed E-state index contributed by atoms with van der Waals surface area (Å²) < 4.78 is 13.0. The van der Waals surface area contributed by atoms with Crippen molar-refractivity contribution in [3.05, 3.63) is 47.9 Å². The number of hydrogen-bond acceptors (Lipinski definition) is 5. The molecule has 0 radical (unpaired) electrons. The Morgan fingerprint density at radius 1 is 1.00 bits per heavy atom. The molecular weight excluding hydrogens is 269 g/mol. The first-order chi connectivity index (χ1) is 10.3. The summed E-state index contributed by atoms with van der Waals surface area (Å²) in [5, 5.41) is 8.16. The van der Waals surface area contributed by atoms with Crippen molar-refractivity contribution in [2.45, 2.75) is 6.54 Å². The molecule has 0 bridgehead atoms. The maximum Gasteiger partial charge on any atom is 0.155 e. The van der Waals surface area contributed by atoms with Gasteiger partial charge in [-0.15, -0.1) is 5.10 Å². The van der Waals surface area contributed by atoms with Gasteiger partial charge in [-0.2, -0.15) is 5.10 Å². The zero-order valence-corrected chi connectivity index (χ0v) is 11.7. The van der Waals surface area contributed by atoms with Crippen molar-refractivity contribution >= 4 is 11.5 Å². The number of anilines is 2. The maximum atomic E-state index is 13.0. The largest absolute Gasteiger partial charge is 0.368 e. The van der Waals surface area contributed by atoms with E-state index in [9.17, 15) is 4.39 Å². The normalized spacial score (nSPS) is 15.3. The van der Waals surface area contributed by atoms with Crippen molar-refractivity contribution in [3.63, 3.8) is 0 Å². The summed E-state index contributed by atoms with van der Waals surface area (Å²) in [5.41, 5.74) is 7.81. The molecule has 0 aliphatic carbocycles. The summed E-state index contributed by atoms with van der Waals surface area (Å²) in [6, 6.07) is 8.54. The molecule has 2 heterocycles. The molecule has 6 heteroatoms. The lowest BCUT2D eigenvalue weighted by molar-refractivity contribution is 0.623. The highest BCUT2D eigenvalue weighted by Crippen LogP contribution is 2.21. The third-order valence-electron chi connectivity index (χ3n) is 3.77. The van der Waals surface area contributed by atoms with E-state index in [1.807, 2.05) is 18.2 Å². The van der Waals surface area contributed by atoms with Gasteiger partial charge >= 0.3 is 0 Å². The predicted molar refractivity (Wildman–Crippen MR) is 80.7 cm³/mol. The molecule has 5 nitrogen and oxygen atoms in total. The lowest BCUT2D eigenvalue weighted by Crippen LogP contribution is -2.47. The van der Waals surface area contributed by atoms with Crippen molar-refractivity contribution < 1.29 is 4.39 Å². The highest BCUT2D eigenvalue weighted by atomic mass is 19.1. The Hall–Kier alpha value is -2.21. The van der Waals surface area contributed by atoms with E-state index in [1.54, 1.807) is 6.20 Å². The van der Waals surface area contributed by atoms with Gasteiger partial charge < -0.3 is 15.5 Å². The smallest absolute Gasteiger partial charge is 0.155 e. The molecule has 0 atom stereocenters. The first kappa shape index (κ1) is 13.8. The molecule has 0 spiro atoms. The van der Waals surface area contributed by atoms with Crippen LogP contribution in [0.25, 0.3) is 0 Å². The highest BCUT2D eigenvalue weighted by Gasteiger charge is 2.20. The molecule has 0 unspecified atom stereocenters. The zero-order valence-electron chi connectivity index (χ0n) is 11.7. The van der Waals surface area contributed by atoms with Crippen LogP contribution in [0.3, 0.4) is 0 Å². The van der Waals surface area contributed by atoms with Gasteiger partial charge in [0.15, 0.2) is 5.82 Å². The molecule has 1 fully saturated rings. The van der Waals surface area contributed by atoms with Crippen LogP contribution in [0.15, 0.2) is 36.5 Å². The minimum Gasteiger partial charge on any atom is -0.368 e. The van der Waals surface area contributed by atoms with E-state index in [0.717, 1.165) is 43.2 Å². The third kappa shape index (κ3) is 2.95. The zero-order chi connectivity index (χ0) is 14.7. The minimum absolute atomic E-state index is 0.204. The molecular formula is C15H18FN5.